The van der Waals surface area contributed by atoms with Gasteiger partial charge in [0.25, 0.3) is 0 Å². The Morgan fingerprint density at radius 3 is 2.05 bits per heavy atom. The Labute approximate surface area is 127 Å². The number of benzene rings is 2. The lowest BCUT2D eigenvalue weighted by molar-refractivity contribution is 0.687. The predicted octanol–water partition coefficient (Wildman–Crippen LogP) is 4.91. The second-order valence-electron chi connectivity index (χ2n) is 4.56. The smallest absolute Gasteiger partial charge is 0.0659 e. The van der Waals surface area contributed by atoms with Crippen molar-refractivity contribution in [3.8, 4) is 11.1 Å². The maximum Gasteiger partial charge on any atom is 0.0659 e. The summed E-state index contributed by atoms with van der Waals surface area (Å²) in [6.07, 6.45) is 3.89. The largest absolute Gasteiger partial charge is 0.268 e. The third-order valence-corrected chi connectivity index (χ3v) is 3.57. The third-order valence-electron chi connectivity index (χ3n) is 3.07. The van der Waals surface area contributed by atoms with Crippen molar-refractivity contribution in [2.24, 2.45) is 0 Å². The zero-order valence-electron chi connectivity index (χ0n) is 10.6. The van der Waals surface area contributed by atoms with Crippen LogP contribution in [-0.2, 0) is 6.54 Å². The summed E-state index contributed by atoms with van der Waals surface area (Å²) in [7, 11) is 0. The Bertz CT molecular complexity index is 700. The van der Waals surface area contributed by atoms with Crippen LogP contribution in [0.1, 0.15) is 5.56 Å². The van der Waals surface area contributed by atoms with E-state index in [9.17, 15) is 0 Å². The van der Waals surface area contributed by atoms with Gasteiger partial charge in [-0.3, -0.25) is 4.68 Å². The van der Waals surface area contributed by atoms with E-state index in [4.69, 9.17) is 23.2 Å². The van der Waals surface area contributed by atoms with E-state index >= 15 is 0 Å². The highest BCUT2D eigenvalue weighted by molar-refractivity contribution is 6.30. The molecule has 0 aliphatic carbocycles. The van der Waals surface area contributed by atoms with Crippen LogP contribution in [-0.4, -0.2) is 9.78 Å². The second-order valence-corrected chi connectivity index (χ2v) is 5.43. The number of hydrogen-bond donors (Lipinski definition) is 0. The monoisotopic (exact) mass is 302 g/mol. The molecule has 0 amide bonds. The fraction of sp³-hybridized carbons (Fsp3) is 0.0625. The van der Waals surface area contributed by atoms with Gasteiger partial charge in [0.2, 0.25) is 0 Å². The number of hydrogen-bond acceptors (Lipinski definition) is 1. The van der Waals surface area contributed by atoms with Crippen molar-refractivity contribution in [2.45, 2.75) is 6.54 Å². The first kappa shape index (κ1) is 13.2. The van der Waals surface area contributed by atoms with Crippen molar-refractivity contribution >= 4 is 23.2 Å². The zero-order valence-corrected chi connectivity index (χ0v) is 12.1. The summed E-state index contributed by atoms with van der Waals surface area (Å²) in [5.41, 5.74) is 3.35. The topological polar surface area (TPSA) is 17.8 Å². The Kier molecular flexibility index (Phi) is 3.77. The first-order valence-corrected chi connectivity index (χ1v) is 6.99. The van der Waals surface area contributed by atoms with Gasteiger partial charge in [0, 0.05) is 21.8 Å². The van der Waals surface area contributed by atoms with E-state index in [0.717, 1.165) is 27.7 Å². The van der Waals surface area contributed by atoms with Gasteiger partial charge in [-0.15, -0.1) is 0 Å². The lowest BCUT2D eigenvalue weighted by atomic mass is 10.1. The average molecular weight is 303 g/mol. The Morgan fingerprint density at radius 1 is 0.800 bits per heavy atom. The molecule has 20 heavy (non-hydrogen) atoms. The van der Waals surface area contributed by atoms with Crippen molar-refractivity contribution < 1.29 is 0 Å². The lowest BCUT2D eigenvalue weighted by Gasteiger charge is -2.02. The number of aromatic nitrogens is 2. The number of halogens is 2. The quantitative estimate of drug-likeness (QED) is 0.672. The van der Waals surface area contributed by atoms with E-state index in [-0.39, 0.29) is 0 Å². The highest BCUT2D eigenvalue weighted by Crippen LogP contribution is 2.21. The minimum atomic E-state index is 0.727. The van der Waals surface area contributed by atoms with E-state index in [1.165, 1.54) is 5.56 Å². The van der Waals surface area contributed by atoms with Crippen LogP contribution in [0.4, 0.5) is 0 Å². The molecule has 0 atom stereocenters. The van der Waals surface area contributed by atoms with Crippen LogP contribution in [0.3, 0.4) is 0 Å². The van der Waals surface area contributed by atoms with E-state index in [0.29, 0.717) is 0 Å². The molecule has 0 fully saturated rings. The summed E-state index contributed by atoms with van der Waals surface area (Å²) in [5, 5.41) is 5.87. The minimum Gasteiger partial charge on any atom is -0.268 e. The molecule has 1 heterocycles. The van der Waals surface area contributed by atoms with Gasteiger partial charge in [-0.25, -0.2) is 0 Å². The molecule has 3 aromatic rings. The normalized spacial score (nSPS) is 10.7. The Hall–Kier alpha value is -1.77. The summed E-state index contributed by atoms with van der Waals surface area (Å²) in [6.45, 7) is 0.727. The first-order chi connectivity index (χ1) is 9.70. The molecule has 1 aromatic heterocycles. The predicted molar refractivity (Wildman–Crippen MR) is 83.2 cm³/mol. The fourth-order valence-electron chi connectivity index (χ4n) is 2.02. The fourth-order valence-corrected chi connectivity index (χ4v) is 2.27. The van der Waals surface area contributed by atoms with Gasteiger partial charge < -0.3 is 0 Å². The van der Waals surface area contributed by atoms with Gasteiger partial charge >= 0.3 is 0 Å². The van der Waals surface area contributed by atoms with Crippen LogP contribution >= 0.6 is 23.2 Å². The summed E-state index contributed by atoms with van der Waals surface area (Å²) in [4.78, 5) is 0. The van der Waals surface area contributed by atoms with Crippen LogP contribution in [0.25, 0.3) is 11.1 Å². The van der Waals surface area contributed by atoms with Crippen molar-refractivity contribution in [1.29, 1.82) is 0 Å². The average Bonchev–Trinajstić information content (AvgIpc) is 2.91. The standard InChI is InChI=1S/C16H12Cl2N2/c17-15-5-1-12(2-6-15)10-20-11-14(9-19-20)13-3-7-16(18)8-4-13/h1-9,11H,10H2. The highest BCUT2D eigenvalue weighted by Gasteiger charge is 2.02. The molecule has 0 saturated carbocycles. The molecule has 0 N–H and O–H groups in total. The summed E-state index contributed by atoms with van der Waals surface area (Å²) < 4.78 is 1.91. The molecule has 3 rings (SSSR count). The van der Waals surface area contributed by atoms with Gasteiger partial charge in [-0.05, 0) is 35.4 Å². The highest BCUT2D eigenvalue weighted by atomic mass is 35.5. The van der Waals surface area contributed by atoms with Crippen molar-refractivity contribution in [1.82, 2.24) is 9.78 Å². The molecule has 0 unspecified atom stereocenters. The molecule has 0 aliphatic heterocycles. The molecule has 0 saturated heterocycles. The van der Waals surface area contributed by atoms with Crippen LogP contribution in [0.5, 0.6) is 0 Å². The first-order valence-electron chi connectivity index (χ1n) is 6.23. The van der Waals surface area contributed by atoms with Crippen LogP contribution < -0.4 is 0 Å². The van der Waals surface area contributed by atoms with Gasteiger partial charge in [0.1, 0.15) is 0 Å². The maximum absolute atomic E-state index is 5.89. The Morgan fingerprint density at radius 2 is 1.40 bits per heavy atom. The lowest BCUT2D eigenvalue weighted by Crippen LogP contribution is -1.99. The Balaban J connectivity index is 1.80. The molecule has 0 aliphatic rings. The van der Waals surface area contributed by atoms with Crippen molar-refractivity contribution in [2.75, 3.05) is 0 Å². The molecule has 0 bridgehead atoms. The SMILES string of the molecule is Clc1ccc(Cn2cc(-c3ccc(Cl)cc3)cn2)cc1. The van der Waals surface area contributed by atoms with Gasteiger partial charge in [0.15, 0.2) is 0 Å². The van der Waals surface area contributed by atoms with Crippen molar-refractivity contribution in [3.05, 3.63) is 76.5 Å². The molecule has 100 valence electrons. The number of rotatable bonds is 3. The van der Waals surface area contributed by atoms with E-state index < -0.39 is 0 Å². The van der Waals surface area contributed by atoms with Gasteiger partial charge in [-0.1, -0.05) is 47.5 Å². The molecule has 2 aromatic carbocycles. The van der Waals surface area contributed by atoms with E-state index in [1.54, 1.807) is 0 Å². The summed E-state index contributed by atoms with van der Waals surface area (Å²) in [6, 6.07) is 15.5. The molecular formula is C16H12Cl2N2. The zero-order chi connectivity index (χ0) is 13.9. The maximum atomic E-state index is 5.89. The van der Waals surface area contributed by atoms with Crippen LogP contribution in [0.2, 0.25) is 10.0 Å². The third kappa shape index (κ3) is 3.03. The summed E-state index contributed by atoms with van der Waals surface area (Å²) in [5.74, 6) is 0. The van der Waals surface area contributed by atoms with Crippen LogP contribution in [0, 0.1) is 0 Å². The van der Waals surface area contributed by atoms with E-state index in [1.807, 2.05) is 65.6 Å². The van der Waals surface area contributed by atoms with Crippen LogP contribution in [0.15, 0.2) is 60.9 Å². The van der Waals surface area contributed by atoms with Gasteiger partial charge in [-0.2, -0.15) is 5.10 Å². The molecule has 0 radical (unpaired) electrons. The molecular weight excluding hydrogens is 291 g/mol. The van der Waals surface area contributed by atoms with Crippen molar-refractivity contribution in [3.63, 3.8) is 0 Å². The molecule has 0 spiro atoms. The number of nitrogens with zero attached hydrogens (tertiary/aromatic N) is 2. The molecule has 4 heteroatoms. The van der Waals surface area contributed by atoms with Gasteiger partial charge in [0.05, 0.1) is 12.7 Å². The van der Waals surface area contributed by atoms with E-state index in [2.05, 4.69) is 5.10 Å². The summed E-state index contributed by atoms with van der Waals surface area (Å²) >= 11 is 11.8. The minimum absolute atomic E-state index is 0.727. The molecule has 2 nitrogen and oxygen atoms in total. The second kappa shape index (κ2) is 5.70.